The van der Waals surface area contributed by atoms with E-state index >= 15 is 0 Å². The number of hydrogen-bond donors (Lipinski definition) is 2. The Kier molecular flexibility index (Phi) is 4.58. The van der Waals surface area contributed by atoms with Crippen molar-refractivity contribution in [2.75, 3.05) is 37.7 Å². The molecule has 0 unspecified atom stereocenters. The van der Waals surface area contributed by atoms with E-state index in [0.29, 0.717) is 18.2 Å². The lowest BCUT2D eigenvalue weighted by Crippen LogP contribution is -2.30. The summed E-state index contributed by atoms with van der Waals surface area (Å²) in [7, 11) is 2.13. The molecule has 5 heteroatoms. The minimum Gasteiger partial charge on any atom is -0.395 e. The molecule has 3 nitrogen and oxygen atoms in total. The number of piperidine rings is 1. The molecule has 0 atom stereocenters. The van der Waals surface area contributed by atoms with Gasteiger partial charge in [-0.2, -0.15) is 0 Å². The largest absolute Gasteiger partial charge is 0.395 e. The molecule has 0 radical (unpaired) electrons. The molecule has 0 bridgehead atoms. The Hall–Kier alpha value is -1.36. The first-order chi connectivity index (χ1) is 9.06. The maximum absolute atomic E-state index is 13.3. The Morgan fingerprint density at radius 1 is 1.32 bits per heavy atom. The summed E-state index contributed by atoms with van der Waals surface area (Å²) in [4.78, 5) is 2.32. The molecule has 0 aromatic heterocycles. The number of nitrogens with one attached hydrogen (secondary N) is 1. The van der Waals surface area contributed by atoms with Crippen LogP contribution < -0.4 is 11.1 Å². The number of anilines is 2. The second kappa shape index (κ2) is 6.19. The Morgan fingerprint density at radius 2 is 2.00 bits per heavy atom. The highest BCUT2D eigenvalue weighted by molar-refractivity contribution is 5.66. The highest BCUT2D eigenvalue weighted by Gasteiger charge is 2.16. The van der Waals surface area contributed by atoms with Gasteiger partial charge in [0.05, 0.1) is 11.4 Å². The summed E-state index contributed by atoms with van der Waals surface area (Å²) in [5, 5.41) is 3.03. The number of likely N-dealkylation sites (tertiary alicyclic amines) is 1. The molecule has 1 aromatic carbocycles. The topological polar surface area (TPSA) is 41.3 Å². The van der Waals surface area contributed by atoms with Gasteiger partial charge < -0.3 is 16.0 Å². The molecule has 3 N–H and O–H groups in total. The van der Waals surface area contributed by atoms with E-state index < -0.39 is 11.6 Å². The molecule has 106 valence electrons. The lowest BCUT2D eigenvalue weighted by atomic mass is 9.94. The van der Waals surface area contributed by atoms with Crippen LogP contribution in [0.1, 0.15) is 19.3 Å². The summed E-state index contributed by atoms with van der Waals surface area (Å²) >= 11 is 0. The van der Waals surface area contributed by atoms with Gasteiger partial charge >= 0.3 is 0 Å². The van der Waals surface area contributed by atoms with Gasteiger partial charge in [0.1, 0.15) is 5.82 Å². The maximum Gasteiger partial charge on any atom is 0.151 e. The van der Waals surface area contributed by atoms with Crippen molar-refractivity contribution < 1.29 is 8.78 Å². The molecule has 2 rings (SSSR count). The third-order valence-corrected chi connectivity index (χ3v) is 3.80. The van der Waals surface area contributed by atoms with Crippen LogP contribution in [0.25, 0.3) is 0 Å². The van der Waals surface area contributed by atoms with Crippen LogP contribution >= 0.6 is 0 Å². The maximum atomic E-state index is 13.3. The van der Waals surface area contributed by atoms with Gasteiger partial charge in [0.25, 0.3) is 0 Å². The predicted octanol–water partition coefficient (Wildman–Crippen LogP) is 2.69. The third-order valence-electron chi connectivity index (χ3n) is 3.80. The van der Waals surface area contributed by atoms with E-state index in [9.17, 15) is 8.78 Å². The Bertz CT molecular complexity index is 429. The smallest absolute Gasteiger partial charge is 0.151 e. The van der Waals surface area contributed by atoms with Gasteiger partial charge in [-0.1, -0.05) is 0 Å². The molecule has 1 aliphatic rings. The van der Waals surface area contributed by atoms with Gasteiger partial charge in [-0.15, -0.1) is 0 Å². The van der Waals surface area contributed by atoms with E-state index in [0.717, 1.165) is 25.6 Å². The molecule has 0 aliphatic carbocycles. The number of rotatable bonds is 4. The third kappa shape index (κ3) is 3.80. The van der Waals surface area contributed by atoms with Gasteiger partial charge in [0, 0.05) is 12.6 Å². The zero-order valence-electron chi connectivity index (χ0n) is 11.3. The molecule has 1 saturated heterocycles. The van der Waals surface area contributed by atoms with Crippen molar-refractivity contribution >= 4 is 11.4 Å². The summed E-state index contributed by atoms with van der Waals surface area (Å²) in [5.74, 6) is -0.626. The fraction of sp³-hybridized carbons (Fsp3) is 0.571. The lowest BCUT2D eigenvalue weighted by molar-refractivity contribution is 0.215. The lowest BCUT2D eigenvalue weighted by Gasteiger charge is -2.29. The van der Waals surface area contributed by atoms with Gasteiger partial charge in [-0.3, -0.25) is 0 Å². The van der Waals surface area contributed by atoms with Crippen molar-refractivity contribution in [3.8, 4) is 0 Å². The van der Waals surface area contributed by atoms with Crippen molar-refractivity contribution in [2.45, 2.75) is 19.3 Å². The summed E-state index contributed by atoms with van der Waals surface area (Å²) in [6.45, 7) is 2.95. The van der Waals surface area contributed by atoms with E-state index in [4.69, 9.17) is 5.73 Å². The van der Waals surface area contributed by atoms with Crippen LogP contribution in [0.2, 0.25) is 0 Å². The first-order valence-electron chi connectivity index (χ1n) is 6.73. The molecule has 0 saturated carbocycles. The van der Waals surface area contributed by atoms with Gasteiger partial charge in [-0.25, -0.2) is 8.78 Å². The molecule has 0 spiro atoms. The van der Waals surface area contributed by atoms with Crippen LogP contribution in [0.5, 0.6) is 0 Å². The van der Waals surface area contributed by atoms with Crippen LogP contribution in [-0.4, -0.2) is 31.6 Å². The fourth-order valence-electron chi connectivity index (χ4n) is 2.49. The van der Waals surface area contributed by atoms with E-state index in [1.54, 1.807) is 0 Å². The second-order valence-corrected chi connectivity index (χ2v) is 5.31. The molecule has 1 heterocycles. The standard InChI is InChI=1S/C14H21F2N3/c1-19-6-3-10(4-7-19)2-5-18-13-9-11(15)8-12(16)14(13)17/h8-10,18H,2-7,17H2,1H3. The summed E-state index contributed by atoms with van der Waals surface area (Å²) in [5.41, 5.74) is 5.92. The molecular weight excluding hydrogens is 248 g/mol. The van der Waals surface area contributed by atoms with Gasteiger partial charge in [-0.05, 0) is 51.4 Å². The predicted molar refractivity (Wildman–Crippen MR) is 74.1 cm³/mol. The number of nitrogens with two attached hydrogens (primary N) is 1. The summed E-state index contributed by atoms with van der Waals surface area (Å²) in [6.07, 6.45) is 3.38. The van der Waals surface area contributed by atoms with Crippen LogP contribution in [0.3, 0.4) is 0 Å². The van der Waals surface area contributed by atoms with Crippen molar-refractivity contribution in [1.29, 1.82) is 0 Å². The zero-order chi connectivity index (χ0) is 13.8. The van der Waals surface area contributed by atoms with Gasteiger partial charge in [0.2, 0.25) is 0 Å². The van der Waals surface area contributed by atoms with Crippen LogP contribution in [0.4, 0.5) is 20.2 Å². The van der Waals surface area contributed by atoms with Crippen molar-refractivity contribution in [3.05, 3.63) is 23.8 Å². The number of nitrogens with zero attached hydrogens (tertiary/aromatic N) is 1. The number of halogens is 2. The van der Waals surface area contributed by atoms with Crippen molar-refractivity contribution in [1.82, 2.24) is 4.90 Å². The molecular formula is C14H21F2N3. The van der Waals surface area contributed by atoms with E-state index in [1.165, 1.54) is 18.9 Å². The van der Waals surface area contributed by atoms with E-state index in [1.807, 2.05) is 0 Å². The van der Waals surface area contributed by atoms with Crippen LogP contribution in [0.15, 0.2) is 12.1 Å². The number of benzene rings is 1. The Balaban J connectivity index is 1.83. The van der Waals surface area contributed by atoms with Crippen LogP contribution in [-0.2, 0) is 0 Å². The van der Waals surface area contributed by atoms with Crippen molar-refractivity contribution in [2.24, 2.45) is 5.92 Å². The van der Waals surface area contributed by atoms with Gasteiger partial charge in [0.15, 0.2) is 5.82 Å². The minimum absolute atomic E-state index is 0.00947. The summed E-state index contributed by atoms with van der Waals surface area (Å²) in [6, 6.07) is 2.05. The average molecular weight is 269 g/mol. The SMILES string of the molecule is CN1CCC(CCNc2cc(F)cc(F)c2N)CC1. The normalized spacial score (nSPS) is 17.6. The highest BCUT2D eigenvalue weighted by atomic mass is 19.1. The fourth-order valence-corrected chi connectivity index (χ4v) is 2.49. The van der Waals surface area contributed by atoms with Crippen LogP contribution in [0, 0.1) is 17.6 Å². The molecule has 1 aliphatic heterocycles. The Morgan fingerprint density at radius 3 is 2.68 bits per heavy atom. The first kappa shape index (κ1) is 14.1. The molecule has 1 aromatic rings. The molecule has 19 heavy (non-hydrogen) atoms. The van der Waals surface area contributed by atoms with E-state index in [2.05, 4.69) is 17.3 Å². The zero-order valence-corrected chi connectivity index (χ0v) is 11.3. The van der Waals surface area contributed by atoms with E-state index in [-0.39, 0.29) is 5.69 Å². The minimum atomic E-state index is -0.707. The van der Waals surface area contributed by atoms with Crippen molar-refractivity contribution in [3.63, 3.8) is 0 Å². The number of nitrogen functional groups attached to an aromatic ring is 1. The number of hydrogen-bond acceptors (Lipinski definition) is 3. The Labute approximate surface area is 112 Å². The monoisotopic (exact) mass is 269 g/mol. The summed E-state index contributed by atoms with van der Waals surface area (Å²) < 4.78 is 26.3. The molecule has 0 amide bonds. The highest BCUT2D eigenvalue weighted by Crippen LogP contribution is 2.24. The quantitative estimate of drug-likeness (QED) is 0.826. The second-order valence-electron chi connectivity index (χ2n) is 5.31. The first-order valence-corrected chi connectivity index (χ1v) is 6.73. The average Bonchev–Trinajstić information content (AvgIpc) is 2.37. The molecule has 1 fully saturated rings.